The Morgan fingerprint density at radius 3 is 2.83 bits per heavy atom. The zero-order valence-corrected chi connectivity index (χ0v) is 18.1. The number of rotatable bonds is 6. The minimum atomic E-state index is -3.55. The smallest absolute Gasteiger partial charge is 0.252 e. The minimum absolute atomic E-state index is 0.103. The molecule has 1 aliphatic heterocycles. The lowest BCUT2D eigenvalue weighted by molar-refractivity contribution is -0.126. The molecule has 1 fully saturated rings. The van der Waals surface area contributed by atoms with E-state index in [0.717, 1.165) is 11.1 Å². The molecule has 0 aliphatic carbocycles. The summed E-state index contributed by atoms with van der Waals surface area (Å²) in [6.07, 6.45) is 1.28. The normalized spacial score (nSPS) is 17.7. The van der Waals surface area contributed by atoms with E-state index in [9.17, 15) is 13.2 Å². The molecule has 0 saturated carbocycles. The van der Waals surface area contributed by atoms with Crippen LogP contribution in [0.4, 0.5) is 0 Å². The number of amides is 1. The van der Waals surface area contributed by atoms with Crippen molar-refractivity contribution in [3.8, 4) is 11.4 Å². The van der Waals surface area contributed by atoms with E-state index in [2.05, 4.69) is 15.5 Å². The number of carbonyl (C=O) groups excluding carboxylic acids is 1. The molecule has 1 atom stereocenters. The number of carbonyl (C=O) groups is 1. The van der Waals surface area contributed by atoms with Gasteiger partial charge in [0.25, 0.3) is 10.0 Å². The third kappa shape index (κ3) is 4.45. The fraction of sp³-hybridized carbons (Fsp3) is 0.350. The second-order valence-corrected chi connectivity index (χ2v) is 10.3. The van der Waals surface area contributed by atoms with E-state index >= 15 is 0 Å². The van der Waals surface area contributed by atoms with Gasteiger partial charge in [-0.25, -0.2) is 8.42 Å². The maximum absolute atomic E-state index is 12.7. The minimum Gasteiger partial charge on any atom is -0.347 e. The SMILES string of the molecule is Cc1ccc(-c2noc(CNC(=O)[C@H]3CCCN(S(=O)(=O)c4cccs4)C3)n2)cc1. The van der Waals surface area contributed by atoms with Crippen LogP contribution in [0.25, 0.3) is 11.4 Å². The molecule has 0 radical (unpaired) electrons. The van der Waals surface area contributed by atoms with Gasteiger partial charge in [0, 0.05) is 18.7 Å². The van der Waals surface area contributed by atoms with Gasteiger partial charge in [0.15, 0.2) is 0 Å². The van der Waals surface area contributed by atoms with Gasteiger partial charge >= 0.3 is 0 Å². The van der Waals surface area contributed by atoms with Crippen molar-refractivity contribution in [1.82, 2.24) is 19.8 Å². The quantitative estimate of drug-likeness (QED) is 0.624. The topological polar surface area (TPSA) is 105 Å². The summed E-state index contributed by atoms with van der Waals surface area (Å²) >= 11 is 1.18. The molecule has 8 nitrogen and oxygen atoms in total. The first-order valence-corrected chi connectivity index (χ1v) is 12.0. The van der Waals surface area contributed by atoms with Crippen molar-refractivity contribution in [2.24, 2.45) is 5.92 Å². The van der Waals surface area contributed by atoms with E-state index < -0.39 is 15.9 Å². The van der Waals surface area contributed by atoms with Crippen LogP contribution in [0.1, 0.15) is 24.3 Å². The molecule has 1 amide bonds. The van der Waals surface area contributed by atoms with Crippen molar-refractivity contribution >= 4 is 27.3 Å². The molecular formula is C20H22N4O4S2. The molecule has 158 valence electrons. The number of aryl methyl sites for hydroxylation is 1. The van der Waals surface area contributed by atoms with Gasteiger partial charge in [-0.05, 0) is 31.2 Å². The van der Waals surface area contributed by atoms with Crippen LogP contribution in [0.2, 0.25) is 0 Å². The molecule has 2 aromatic heterocycles. The lowest BCUT2D eigenvalue weighted by atomic mass is 9.99. The third-order valence-electron chi connectivity index (χ3n) is 5.04. The van der Waals surface area contributed by atoms with Crippen LogP contribution >= 0.6 is 11.3 Å². The third-order valence-corrected chi connectivity index (χ3v) is 8.27. The summed E-state index contributed by atoms with van der Waals surface area (Å²) in [6, 6.07) is 11.0. The van der Waals surface area contributed by atoms with Gasteiger partial charge in [-0.1, -0.05) is 41.1 Å². The summed E-state index contributed by atoms with van der Waals surface area (Å²) in [7, 11) is -3.55. The molecule has 10 heteroatoms. The molecule has 3 aromatic rings. The second kappa shape index (κ2) is 8.66. The summed E-state index contributed by atoms with van der Waals surface area (Å²) in [5.74, 6) is 0.145. The fourth-order valence-corrected chi connectivity index (χ4v) is 6.03. The van der Waals surface area contributed by atoms with Crippen LogP contribution < -0.4 is 5.32 Å². The Labute approximate surface area is 179 Å². The molecule has 0 unspecified atom stereocenters. The van der Waals surface area contributed by atoms with Gasteiger partial charge in [0.05, 0.1) is 12.5 Å². The van der Waals surface area contributed by atoms with Crippen molar-refractivity contribution in [2.45, 2.75) is 30.5 Å². The Kier molecular flexibility index (Phi) is 5.98. The van der Waals surface area contributed by atoms with Crippen LogP contribution in [-0.2, 0) is 21.4 Å². The Hall–Kier alpha value is -2.56. The van der Waals surface area contributed by atoms with Gasteiger partial charge in [0.1, 0.15) is 4.21 Å². The summed E-state index contributed by atoms with van der Waals surface area (Å²) in [4.78, 5) is 16.9. The van der Waals surface area contributed by atoms with E-state index in [-0.39, 0.29) is 19.0 Å². The number of piperidine rings is 1. The number of nitrogens with zero attached hydrogens (tertiary/aromatic N) is 3. The Balaban J connectivity index is 1.36. The fourth-order valence-electron chi connectivity index (χ4n) is 3.37. The average molecular weight is 447 g/mol. The van der Waals surface area contributed by atoms with Crippen molar-refractivity contribution < 1.29 is 17.7 Å². The van der Waals surface area contributed by atoms with Crippen LogP contribution in [0, 0.1) is 12.8 Å². The van der Waals surface area contributed by atoms with Crippen molar-refractivity contribution in [1.29, 1.82) is 0 Å². The van der Waals surface area contributed by atoms with Crippen LogP contribution in [0.15, 0.2) is 50.5 Å². The van der Waals surface area contributed by atoms with E-state index in [4.69, 9.17) is 4.52 Å². The maximum Gasteiger partial charge on any atom is 0.252 e. The molecular weight excluding hydrogens is 424 g/mol. The maximum atomic E-state index is 12.7. The summed E-state index contributed by atoms with van der Waals surface area (Å²) in [6.45, 7) is 2.70. The van der Waals surface area contributed by atoms with Gasteiger partial charge in [-0.15, -0.1) is 11.3 Å². The van der Waals surface area contributed by atoms with Gasteiger partial charge in [-0.3, -0.25) is 4.79 Å². The first-order chi connectivity index (χ1) is 14.4. The molecule has 1 aliphatic rings. The first-order valence-electron chi connectivity index (χ1n) is 9.64. The zero-order valence-electron chi connectivity index (χ0n) is 16.4. The number of thiophene rings is 1. The Morgan fingerprint density at radius 1 is 1.30 bits per heavy atom. The van der Waals surface area contributed by atoms with E-state index in [1.165, 1.54) is 15.6 Å². The number of sulfonamides is 1. The molecule has 0 spiro atoms. The Morgan fingerprint density at radius 2 is 2.10 bits per heavy atom. The zero-order chi connectivity index (χ0) is 21.1. The lowest BCUT2D eigenvalue weighted by Gasteiger charge is -2.30. The number of nitrogens with one attached hydrogen (secondary N) is 1. The molecule has 1 saturated heterocycles. The van der Waals surface area contributed by atoms with E-state index in [1.54, 1.807) is 17.5 Å². The van der Waals surface area contributed by atoms with Crippen molar-refractivity contribution in [3.63, 3.8) is 0 Å². The van der Waals surface area contributed by atoms with Gasteiger partial charge in [-0.2, -0.15) is 9.29 Å². The van der Waals surface area contributed by atoms with Crippen LogP contribution in [0.3, 0.4) is 0 Å². The van der Waals surface area contributed by atoms with Gasteiger partial charge < -0.3 is 9.84 Å². The summed E-state index contributed by atoms with van der Waals surface area (Å²) < 4.78 is 32.4. The van der Waals surface area contributed by atoms with Gasteiger partial charge in [0.2, 0.25) is 17.6 Å². The van der Waals surface area contributed by atoms with Crippen molar-refractivity contribution in [2.75, 3.05) is 13.1 Å². The predicted molar refractivity (Wildman–Crippen MR) is 112 cm³/mol. The molecule has 0 bridgehead atoms. The number of hydrogen-bond donors (Lipinski definition) is 1. The molecule has 1 N–H and O–H groups in total. The number of benzene rings is 1. The monoisotopic (exact) mass is 446 g/mol. The van der Waals surface area contributed by atoms with Crippen molar-refractivity contribution in [3.05, 3.63) is 53.2 Å². The molecule has 4 rings (SSSR count). The number of hydrogen-bond acceptors (Lipinski definition) is 7. The first kappa shape index (κ1) is 20.7. The highest BCUT2D eigenvalue weighted by molar-refractivity contribution is 7.91. The van der Waals surface area contributed by atoms with Crippen LogP contribution in [0.5, 0.6) is 0 Å². The average Bonchev–Trinajstić information content (AvgIpc) is 3.45. The van der Waals surface area contributed by atoms with E-state index in [0.29, 0.717) is 35.3 Å². The standard InChI is InChI=1S/C20H22N4O4S2/c1-14-6-8-15(9-7-14)19-22-17(28-23-19)12-21-20(25)16-4-2-10-24(13-16)30(26,27)18-5-3-11-29-18/h3,5-9,11,16H,2,4,10,12-13H2,1H3,(H,21,25)/t16-/m0/s1. The largest absolute Gasteiger partial charge is 0.347 e. The second-order valence-electron chi connectivity index (χ2n) is 7.23. The van der Waals surface area contributed by atoms with E-state index in [1.807, 2.05) is 31.2 Å². The molecule has 3 heterocycles. The van der Waals surface area contributed by atoms with Crippen LogP contribution in [-0.4, -0.2) is 41.9 Å². The lowest BCUT2D eigenvalue weighted by Crippen LogP contribution is -2.45. The summed E-state index contributed by atoms with van der Waals surface area (Å²) in [5.41, 5.74) is 1.97. The number of aromatic nitrogens is 2. The Bertz CT molecular complexity index is 1110. The highest BCUT2D eigenvalue weighted by Crippen LogP contribution is 2.26. The highest BCUT2D eigenvalue weighted by Gasteiger charge is 2.33. The summed E-state index contributed by atoms with van der Waals surface area (Å²) in [5, 5.41) is 8.48. The molecule has 1 aromatic carbocycles. The molecule has 30 heavy (non-hydrogen) atoms. The highest BCUT2D eigenvalue weighted by atomic mass is 32.2. The predicted octanol–water partition coefficient (Wildman–Crippen LogP) is 2.82.